The molecule has 0 saturated carbocycles. The first-order chi connectivity index (χ1) is 10.1. The van der Waals surface area contributed by atoms with Crippen LogP contribution in [0.25, 0.3) is 11.0 Å². The van der Waals surface area contributed by atoms with Crippen molar-refractivity contribution >= 4 is 22.7 Å². The number of rotatable bonds is 6. The Morgan fingerprint density at radius 2 is 2.19 bits per heavy atom. The molecular weight excluding hydrogens is 270 g/mol. The molecule has 2 aromatic rings. The number of oxime groups is 1. The van der Waals surface area contributed by atoms with Crippen LogP contribution < -0.4 is 11.1 Å². The number of hydrogen-bond acceptors (Lipinski definition) is 4. The highest BCUT2D eigenvalue weighted by molar-refractivity contribution is 5.96. The van der Waals surface area contributed by atoms with Crippen LogP contribution in [0.3, 0.4) is 0 Å². The highest BCUT2D eigenvalue weighted by Crippen LogP contribution is 2.20. The zero-order valence-electron chi connectivity index (χ0n) is 11.9. The molecule has 1 heterocycles. The highest BCUT2D eigenvalue weighted by atomic mass is 16.4. The summed E-state index contributed by atoms with van der Waals surface area (Å²) in [5.41, 5.74) is 7.19. The minimum atomic E-state index is -0.229. The topological polar surface area (TPSA) is 101 Å². The largest absolute Gasteiger partial charge is 0.451 e. The lowest BCUT2D eigenvalue weighted by Crippen LogP contribution is -2.24. The van der Waals surface area contributed by atoms with Crippen LogP contribution in [0.5, 0.6) is 0 Å². The van der Waals surface area contributed by atoms with Crippen LogP contribution in [0.15, 0.2) is 33.8 Å². The van der Waals surface area contributed by atoms with Crippen molar-refractivity contribution in [3.63, 3.8) is 0 Å². The van der Waals surface area contributed by atoms with Gasteiger partial charge in [0.25, 0.3) is 5.91 Å². The van der Waals surface area contributed by atoms with E-state index < -0.39 is 0 Å². The number of carbonyl (C=O) groups is 1. The van der Waals surface area contributed by atoms with Crippen LogP contribution in [0.1, 0.15) is 35.4 Å². The maximum Gasteiger partial charge on any atom is 0.287 e. The van der Waals surface area contributed by atoms with Crippen molar-refractivity contribution in [3.8, 4) is 0 Å². The molecule has 1 aromatic carbocycles. The fourth-order valence-electron chi connectivity index (χ4n) is 2.04. The molecule has 0 aliphatic heterocycles. The Kier molecular flexibility index (Phi) is 4.81. The molecule has 0 fully saturated rings. The first kappa shape index (κ1) is 14.9. The van der Waals surface area contributed by atoms with Crippen molar-refractivity contribution in [2.45, 2.75) is 26.2 Å². The Morgan fingerprint density at radius 1 is 1.38 bits per heavy atom. The number of fused-ring (bicyclic) bond motifs is 1. The summed E-state index contributed by atoms with van der Waals surface area (Å²) in [5.74, 6) is 0.286. The fourth-order valence-corrected chi connectivity index (χ4v) is 2.04. The summed E-state index contributed by atoms with van der Waals surface area (Å²) in [6.45, 7) is 2.52. The molecule has 21 heavy (non-hydrogen) atoms. The third-order valence-electron chi connectivity index (χ3n) is 3.17. The first-order valence-corrected chi connectivity index (χ1v) is 6.85. The Bertz CT molecular complexity index is 661. The standard InChI is InChI=1S/C15H19N3O3/c1-10-5-6-12-11(8-10)9-13(21-12)15(19)17-7-3-2-4-14(16)18-20/h5-6,8-9,20H,2-4,7H2,1H3,(H2,16,18)(H,17,19). The second-order valence-electron chi connectivity index (χ2n) is 4.96. The van der Waals surface area contributed by atoms with Crippen LogP contribution in [-0.4, -0.2) is 23.5 Å². The summed E-state index contributed by atoms with van der Waals surface area (Å²) in [5, 5.41) is 15.0. The molecule has 1 aromatic heterocycles. The van der Waals surface area contributed by atoms with E-state index in [9.17, 15) is 4.79 Å². The van der Waals surface area contributed by atoms with E-state index in [2.05, 4.69) is 10.5 Å². The summed E-state index contributed by atoms with van der Waals surface area (Å²) >= 11 is 0. The number of benzene rings is 1. The predicted octanol–water partition coefficient (Wildman–Crippen LogP) is 2.39. The van der Waals surface area contributed by atoms with Crippen LogP contribution in [0.4, 0.5) is 0 Å². The van der Waals surface area contributed by atoms with E-state index in [0.717, 1.165) is 23.8 Å². The number of unbranched alkanes of at least 4 members (excludes halogenated alkanes) is 1. The molecule has 6 heteroatoms. The van der Waals surface area contributed by atoms with Crippen molar-refractivity contribution in [1.29, 1.82) is 0 Å². The van der Waals surface area contributed by atoms with Gasteiger partial charge in [-0.1, -0.05) is 16.8 Å². The molecule has 0 aliphatic rings. The van der Waals surface area contributed by atoms with Crippen LogP contribution in [-0.2, 0) is 0 Å². The molecule has 0 radical (unpaired) electrons. The number of aryl methyl sites for hydroxylation is 1. The molecule has 0 bridgehead atoms. The molecule has 4 N–H and O–H groups in total. The zero-order chi connectivity index (χ0) is 15.2. The van der Waals surface area contributed by atoms with Crippen LogP contribution in [0, 0.1) is 6.92 Å². The molecular formula is C15H19N3O3. The van der Waals surface area contributed by atoms with E-state index in [1.165, 1.54) is 0 Å². The predicted molar refractivity (Wildman–Crippen MR) is 80.5 cm³/mol. The second kappa shape index (κ2) is 6.78. The molecule has 0 unspecified atom stereocenters. The monoisotopic (exact) mass is 289 g/mol. The van der Waals surface area contributed by atoms with E-state index in [4.69, 9.17) is 15.4 Å². The van der Waals surface area contributed by atoms with E-state index in [0.29, 0.717) is 24.3 Å². The average Bonchev–Trinajstić information content (AvgIpc) is 2.89. The minimum Gasteiger partial charge on any atom is -0.451 e. The number of nitrogens with two attached hydrogens (primary N) is 1. The van der Waals surface area contributed by atoms with Gasteiger partial charge in [-0.3, -0.25) is 4.79 Å². The van der Waals surface area contributed by atoms with Gasteiger partial charge in [-0.05, 0) is 38.0 Å². The van der Waals surface area contributed by atoms with Gasteiger partial charge in [-0.25, -0.2) is 0 Å². The normalized spacial score (nSPS) is 11.8. The molecule has 6 nitrogen and oxygen atoms in total. The van der Waals surface area contributed by atoms with E-state index >= 15 is 0 Å². The maximum atomic E-state index is 12.0. The van der Waals surface area contributed by atoms with E-state index in [1.54, 1.807) is 6.07 Å². The number of carbonyl (C=O) groups excluding carboxylic acids is 1. The number of hydrogen-bond donors (Lipinski definition) is 3. The lowest BCUT2D eigenvalue weighted by atomic mass is 10.2. The number of amides is 1. The highest BCUT2D eigenvalue weighted by Gasteiger charge is 2.11. The van der Waals surface area contributed by atoms with Crippen LogP contribution >= 0.6 is 0 Å². The molecule has 0 saturated heterocycles. The zero-order valence-corrected chi connectivity index (χ0v) is 11.9. The summed E-state index contributed by atoms with van der Waals surface area (Å²) in [7, 11) is 0. The van der Waals surface area contributed by atoms with Gasteiger partial charge >= 0.3 is 0 Å². The summed E-state index contributed by atoms with van der Waals surface area (Å²) in [6, 6.07) is 7.53. The van der Waals surface area contributed by atoms with Gasteiger partial charge in [0.1, 0.15) is 11.4 Å². The molecule has 0 aliphatic carbocycles. The van der Waals surface area contributed by atoms with E-state index in [1.807, 2.05) is 25.1 Å². The Labute approximate surface area is 122 Å². The smallest absolute Gasteiger partial charge is 0.287 e. The van der Waals surface area contributed by atoms with Gasteiger partial charge in [0.2, 0.25) is 0 Å². The Hall–Kier alpha value is -2.50. The Morgan fingerprint density at radius 3 is 2.95 bits per heavy atom. The molecule has 1 amide bonds. The lowest BCUT2D eigenvalue weighted by molar-refractivity contribution is 0.0927. The lowest BCUT2D eigenvalue weighted by Gasteiger charge is -2.02. The number of amidine groups is 1. The van der Waals surface area contributed by atoms with Crippen molar-refractivity contribution in [1.82, 2.24) is 5.32 Å². The van der Waals surface area contributed by atoms with Gasteiger partial charge in [0.15, 0.2) is 5.76 Å². The van der Waals surface area contributed by atoms with Crippen LogP contribution in [0.2, 0.25) is 0 Å². The van der Waals surface area contributed by atoms with Gasteiger partial charge in [0, 0.05) is 18.4 Å². The van der Waals surface area contributed by atoms with Gasteiger partial charge in [-0.15, -0.1) is 0 Å². The molecule has 0 atom stereocenters. The SMILES string of the molecule is Cc1ccc2oc(C(=O)NCCCCC(N)=NO)cc2c1. The molecule has 0 spiro atoms. The van der Waals surface area contributed by atoms with E-state index in [-0.39, 0.29) is 11.7 Å². The van der Waals surface area contributed by atoms with Crippen molar-refractivity contribution < 1.29 is 14.4 Å². The molecule has 112 valence electrons. The van der Waals surface area contributed by atoms with Gasteiger partial charge < -0.3 is 20.7 Å². The summed E-state index contributed by atoms with van der Waals surface area (Å²) in [6.07, 6.45) is 2.01. The third-order valence-corrected chi connectivity index (χ3v) is 3.17. The number of nitrogens with one attached hydrogen (secondary N) is 1. The maximum absolute atomic E-state index is 12.0. The first-order valence-electron chi connectivity index (χ1n) is 6.85. The molecule has 2 rings (SSSR count). The number of nitrogens with zero attached hydrogens (tertiary/aromatic N) is 1. The second-order valence-corrected chi connectivity index (χ2v) is 4.96. The number of furan rings is 1. The minimum absolute atomic E-state index is 0.203. The average molecular weight is 289 g/mol. The quantitative estimate of drug-likeness (QED) is 0.250. The Balaban J connectivity index is 1.85. The van der Waals surface area contributed by atoms with Crippen molar-refractivity contribution in [2.75, 3.05) is 6.54 Å². The van der Waals surface area contributed by atoms with Crippen molar-refractivity contribution in [3.05, 3.63) is 35.6 Å². The fraction of sp³-hybridized carbons (Fsp3) is 0.333. The third kappa shape index (κ3) is 3.98. The summed E-state index contributed by atoms with van der Waals surface area (Å²) in [4.78, 5) is 12.0. The van der Waals surface area contributed by atoms with Gasteiger partial charge in [0.05, 0.1) is 0 Å². The van der Waals surface area contributed by atoms with Crippen molar-refractivity contribution in [2.24, 2.45) is 10.9 Å². The van der Waals surface area contributed by atoms with Gasteiger partial charge in [-0.2, -0.15) is 0 Å². The summed E-state index contributed by atoms with van der Waals surface area (Å²) < 4.78 is 5.51.